The Kier molecular flexibility index (Phi) is 15.5. The molecule has 71 valence electrons. The number of rotatable bonds is 7. The normalized spacial score (nSPS) is 10.0. The topological polar surface area (TPSA) is 18.5 Å². The third-order valence-electron chi connectivity index (χ3n) is 1.58. The zero-order valence-electron chi connectivity index (χ0n) is 8.43. The molecule has 0 bridgehead atoms. The van der Waals surface area contributed by atoms with Crippen molar-refractivity contribution in [2.24, 2.45) is 0 Å². The molecule has 0 spiro atoms. The molecule has 0 aromatic heterocycles. The number of unbranched alkanes of at least 4 members (excludes halogenated alkanes) is 1. The summed E-state index contributed by atoms with van der Waals surface area (Å²) in [5, 5.41) is 0. The van der Waals surface area contributed by atoms with Gasteiger partial charge in [-0.05, 0) is 0 Å². The van der Waals surface area contributed by atoms with E-state index in [1.54, 1.807) is 14.2 Å². The summed E-state index contributed by atoms with van der Waals surface area (Å²) in [6.45, 7) is 3.68. The third kappa shape index (κ3) is 9.11. The molecule has 0 rings (SSSR count). The summed E-state index contributed by atoms with van der Waals surface area (Å²) in [6.07, 6.45) is 3.61. The van der Waals surface area contributed by atoms with Crippen LogP contribution in [0.4, 0.5) is 0 Å². The van der Waals surface area contributed by atoms with E-state index in [1.807, 2.05) is 0 Å². The second-order valence-corrected chi connectivity index (χ2v) is 2.72. The number of ether oxygens (including phenoxy) is 2. The maximum Gasteiger partial charge on any atom is 0.0319 e. The van der Waals surface area contributed by atoms with Crippen molar-refractivity contribution < 1.29 is 42.2 Å². The van der Waals surface area contributed by atoms with Gasteiger partial charge in [0.25, 0.3) is 0 Å². The van der Waals surface area contributed by atoms with Gasteiger partial charge in [0.2, 0.25) is 0 Å². The molecule has 0 N–H and O–H groups in total. The van der Waals surface area contributed by atoms with E-state index in [4.69, 9.17) is 9.47 Å². The van der Waals surface area contributed by atoms with Crippen LogP contribution in [0.25, 0.3) is 0 Å². The molecule has 0 aliphatic heterocycles. The summed E-state index contributed by atoms with van der Waals surface area (Å²) in [5.41, 5.74) is 0. The fraction of sp³-hybridized carbons (Fsp3) is 0.889. The molecule has 12 heavy (non-hydrogen) atoms. The quantitative estimate of drug-likeness (QED) is 0.642. The molecule has 0 atom stereocenters. The summed E-state index contributed by atoms with van der Waals surface area (Å²) in [4.78, 5) is 0. The van der Waals surface area contributed by atoms with Crippen LogP contribution in [0.2, 0.25) is 0 Å². The minimum Gasteiger partial charge on any atom is -0.416 e. The smallest absolute Gasteiger partial charge is 0.0319 e. The van der Waals surface area contributed by atoms with E-state index in [0.717, 1.165) is 19.6 Å². The molecule has 0 aliphatic rings. The zero-order chi connectivity index (χ0) is 8.53. The largest absolute Gasteiger partial charge is 0.416 e. The van der Waals surface area contributed by atoms with Gasteiger partial charge in [0, 0.05) is 46.9 Å². The van der Waals surface area contributed by atoms with Gasteiger partial charge in [-0.25, -0.2) is 0 Å². The van der Waals surface area contributed by atoms with Crippen LogP contribution in [-0.2, 0) is 42.2 Å². The Hall–Kier alpha value is 1.02. The molecule has 2 nitrogen and oxygen atoms in total. The number of methoxy groups -OCH3 is 2. The van der Waals surface area contributed by atoms with Crippen molar-refractivity contribution in [1.29, 1.82) is 0 Å². The van der Waals surface area contributed by atoms with Crippen molar-refractivity contribution >= 4 is 0 Å². The van der Waals surface area contributed by atoms with Crippen molar-refractivity contribution in [3.8, 4) is 0 Å². The van der Waals surface area contributed by atoms with Crippen LogP contribution < -0.4 is 0 Å². The Morgan fingerprint density at radius 3 is 1.92 bits per heavy atom. The monoisotopic (exact) mass is 248 g/mol. The molecule has 1 radical (unpaired) electrons. The van der Waals surface area contributed by atoms with Gasteiger partial charge in [-0.2, -0.15) is 6.42 Å². The molecule has 3 heteroatoms. The average molecular weight is 248 g/mol. The Morgan fingerprint density at radius 1 is 1.08 bits per heavy atom. The van der Waals surface area contributed by atoms with Crippen molar-refractivity contribution in [2.45, 2.75) is 26.2 Å². The third-order valence-corrected chi connectivity index (χ3v) is 1.58. The van der Waals surface area contributed by atoms with Crippen LogP contribution in [0, 0.1) is 5.92 Å². The Labute approximate surface area is 101 Å². The molecule has 0 fully saturated rings. The van der Waals surface area contributed by atoms with Crippen LogP contribution in [0.5, 0.6) is 0 Å². The minimum atomic E-state index is 0. The SMILES string of the molecule is CCCC[C-](COC)COC.[Y]. The number of hydrogen-bond donors (Lipinski definition) is 0. The first-order valence-electron chi connectivity index (χ1n) is 4.16. The number of hydrogen-bond acceptors (Lipinski definition) is 2. The Morgan fingerprint density at radius 2 is 1.58 bits per heavy atom. The van der Waals surface area contributed by atoms with Gasteiger partial charge in [0.1, 0.15) is 0 Å². The van der Waals surface area contributed by atoms with Crippen molar-refractivity contribution in [3.05, 3.63) is 5.92 Å². The maximum atomic E-state index is 5.04. The molecule has 0 amide bonds. The minimum absolute atomic E-state index is 0. The molecular weight excluding hydrogens is 229 g/mol. The van der Waals surface area contributed by atoms with Gasteiger partial charge in [0.15, 0.2) is 0 Å². The van der Waals surface area contributed by atoms with Gasteiger partial charge in [-0.3, -0.25) is 5.92 Å². The van der Waals surface area contributed by atoms with E-state index in [9.17, 15) is 0 Å². The first-order chi connectivity index (χ1) is 5.35. The summed E-state index contributed by atoms with van der Waals surface area (Å²) in [5.74, 6) is 1.36. The van der Waals surface area contributed by atoms with Gasteiger partial charge in [-0.15, -0.1) is 0 Å². The molecule has 0 unspecified atom stereocenters. The molecule has 0 saturated heterocycles. The predicted octanol–water partition coefficient (Wildman–Crippen LogP) is 2.04. The molecule has 0 aliphatic carbocycles. The molecule has 0 aromatic rings. The zero-order valence-corrected chi connectivity index (χ0v) is 11.3. The van der Waals surface area contributed by atoms with Gasteiger partial charge in [-0.1, -0.05) is 33.0 Å². The van der Waals surface area contributed by atoms with E-state index < -0.39 is 0 Å². The van der Waals surface area contributed by atoms with Crippen LogP contribution in [0.1, 0.15) is 26.2 Å². The molecule has 0 saturated carbocycles. The first-order valence-corrected chi connectivity index (χ1v) is 4.16. The van der Waals surface area contributed by atoms with Crippen LogP contribution in [0.3, 0.4) is 0 Å². The summed E-state index contributed by atoms with van der Waals surface area (Å²) < 4.78 is 10.1. The average Bonchev–Trinajstić information content (AvgIpc) is 2.01. The van der Waals surface area contributed by atoms with E-state index in [0.29, 0.717) is 0 Å². The first kappa shape index (κ1) is 15.5. The van der Waals surface area contributed by atoms with Crippen LogP contribution >= 0.6 is 0 Å². The van der Waals surface area contributed by atoms with E-state index in [2.05, 4.69) is 6.92 Å². The van der Waals surface area contributed by atoms with Crippen LogP contribution in [0.15, 0.2) is 0 Å². The fourth-order valence-electron chi connectivity index (χ4n) is 1.02. The summed E-state index contributed by atoms with van der Waals surface area (Å²) in [7, 11) is 3.45. The Bertz CT molecular complexity index is 72.9. The maximum absolute atomic E-state index is 5.04. The summed E-state index contributed by atoms with van der Waals surface area (Å²) in [6, 6.07) is 0. The standard InChI is InChI=1S/C9H19O2.Y/c1-4-5-6-9(7-10-2)8-11-3;/h4-8H2,1-3H3;/q-1;. The summed E-state index contributed by atoms with van der Waals surface area (Å²) >= 11 is 0. The molecule has 0 heterocycles. The Balaban J connectivity index is 0. The second kappa shape index (κ2) is 12.0. The molecule has 0 aromatic carbocycles. The second-order valence-electron chi connectivity index (χ2n) is 2.72. The van der Waals surface area contributed by atoms with E-state index in [-0.39, 0.29) is 32.7 Å². The van der Waals surface area contributed by atoms with E-state index in [1.165, 1.54) is 18.8 Å². The van der Waals surface area contributed by atoms with Crippen molar-refractivity contribution in [1.82, 2.24) is 0 Å². The van der Waals surface area contributed by atoms with Crippen molar-refractivity contribution in [2.75, 3.05) is 27.4 Å². The fourth-order valence-corrected chi connectivity index (χ4v) is 1.02. The van der Waals surface area contributed by atoms with Crippen molar-refractivity contribution in [3.63, 3.8) is 0 Å². The van der Waals surface area contributed by atoms with E-state index >= 15 is 0 Å². The predicted molar refractivity (Wildman–Crippen MR) is 46.5 cm³/mol. The van der Waals surface area contributed by atoms with Gasteiger partial charge < -0.3 is 9.47 Å². The van der Waals surface area contributed by atoms with Gasteiger partial charge in [0.05, 0.1) is 0 Å². The molecular formula is C9H19O2Y-. The van der Waals surface area contributed by atoms with Crippen LogP contribution in [-0.4, -0.2) is 27.4 Å². The van der Waals surface area contributed by atoms with Gasteiger partial charge >= 0.3 is 0 Å².